The molecule has 1 heterocycles. The van der Waals surface area contributed by atoms with Gasteiger partial charge in [0.1, 0.15) is 11.4 Å². The van der Waals surface area contributed by atoms with Gasteiger partial charge in [0.2, 0.25) is 0 Å². The summed E-state index contributed by atoms with van der Waals surface area (Å²) < 4.78 is 34.8. The van der Waals surface area contributed by atoms with Crippen LogP contribution >= 0.6 is 0 Å². The molecule has 2 aromatic carbocycles. The second kappa shape index (κ2) is 7.85. The van der Waals surface area contributed by atoms with E-state index in [1.54, 1.807) is 24.3 Å². The van der Waals surface area contributed by atoms with Crippen LogP contribution in [0.4, 0.5) is 0 Å². The van der Waals surface area contributed by atoms with E-state index in [0.717, 1.165) is 9.87 Å². The molecule has 1 N–H and O–H groups in total. The van der Waals surface area contributed by atoms with Crippen LogP contribution in [-0.2, 0) is 15.0 Å². The molecule has 0 radical (unpaired) electrons. The number of hydrogen-bond acceptors (Lipinski definition) is 4. The number of rotatable bonds is 5. The molecule has 1 atom stereocenters. The maximum absolute atomic E-state index is 12.8. The summed E-state index contributed by atoms with van der Waals surface area (Å²) in [6.07, 6.45) is 1.46. The first-order valence-electron chi connectivity index (χ1n) is 8.62. The number of carbonyl (C=O) groups excluding carboxylic acids is 1. The van der Waals surface area contributed by atoms with Crippen LogP contribution in [0.2, 0.25) is 0 Å². The van der Waals surface area contributed by atoms with E-state index in [1.807, 2.05) is 37.3 Å². The minimum absolute atomic E-state index is 0.00407. The summed E-state index contributed by atoms with van der Waals surface area (Å²) in [6.45, 7) is 1.84. The number of nitrogens with zero attached hydrogens (tertiary/aromatic N) is 2. The van der Waals surface area contributed by atoms with Crippen LogP contribution in [0, 0.1) is 0 Å². The maximum Gasteiger partial charge on any atom is 0.345 e. The van der Waals surface area contributed by atoms with Crippen molar-refractivity contribution in [3.8, 4) is 5.75 Å². The van der Waals surface area contributed by atoms with Crippen molar-refractivity contribution in [2.75, 3.05) is 14.2 Å². The molecule has 1 amide bonds. The van der Waals surface area contributed by atoms with E-state index in [4.69, 9.17) is 4.74 Å². The molecule has 0 bridgehead atoms. The van der Waals surface area contributed by atoms with Gasteiger partial charge in [-0.3, -0.25) is 4.79 Å². The molecule has 7 nitrogen and oxygen atoms in total. The fraction of sp³-hybridized carbons (Fsp3) is 0.200. The number of benzene rings is 2. The minimum atomic E-state index is -4.02. The molecule has 1 aliphatic rings. The van der Waals surface area contributed by atoms with Crippen LogP contribution < -0.4 is 10.1 Å². The second-order valence-corrected chi connectivity index (χ2v) is 7.92. The third kappa shape index (κ3) is 4.07. The number of nitrogens with one attached hydrogen (secondary N) is 1. The Kier molecular flexibility index (Phi) is 5.51. The average molecular weight is 399 g/mol. The quantitative estimate of drug-likeness (QED) is 0.836. The van der Waals surface area contributed by atoms with Crippen molar-refractivity contribution in [3.63, 3.8) is 0 Å². The third-order valence-electron chi connectivity index (χ3n) is 4.42. The lowest BCUT2D eigenvalue weighted by atomic mass is 10.1. The Morgan fingerprint density at radius 3 is 2.54 bits per heavy atom. The zero-order valence-electron chi connectivity index (χ0n) is 15.8. The van der Waals surface area contributed by atoms with Gasteiger partial charge in [0, 0.05) is 12.6 Å². The summed E-state index contributed by atoms with van der Waals surface area (Å²) in [5.74, 6) is 0.0614. The Morgan fingerprint density at radius 2 is 1.86 bits per heavy atom. The molecule has 8 heteroatoms. The van der Waals surface area contributed by atoms with Crippen LogP contribution in [0.3, 0.4) is 0 Å². The van der Waals surface area contributed by atoms with Crippen LogP contribution in [-0.4, -0.2) is 38.5 Å². The topological polar surface area (TPSA) is 88.1 Å². The molecular formula is C20H21N3O4S. The highest BCUT2D eigenvalue weighted by atomic mass is 32.2. The highest BCUT2D eigenvalue weighted by Gasteiger charge is 2.30. The lowest BCUT2D eigenvalue weighted by Gasteiger charge is -2.25. The molecule has 0 unspecified atom stereocenters. The fourth-order valence-electron chi connectivity index (χ4n) is 2.78. The molecule has 0 aliphatic carbocycles. The Labute approximate surface area is 164 Å². The Bertz CT molecular complexity index is 1050. The number of carbonyl (C=O) groups is 1. The first-order valence-corrected chi connectivity index (χ1v) is 10.0. The highest BCUT2D eigenvalue weighted by Crippen LogP contribution is 2.22. The van der Waals surface area contributed by atoms with Gasteiger partial charge in [-0.2, -0.15) is 8.42 Å². The van der Waals surface area contributed by atoms with E-state index in [1.165, 1.54) is 20.2 Å². The normalized spacial score (nSPS) is 16.6. The van der Waals surface area contributed by atoms with E-state index in [0.29, 0.717) is 11.3 Å². The maximum atomic E-state index is 12.8. The number of allylic oxidation sites excluding steroid dienone is 1. The van der Waals surface area contributed by atoms with Gasteiger partial charge in [-0.1, -0.05) is 42.5 Å². The number of methoxy groups -OCH3 is 1. The summed E-state index contributed by atoms with van der Waals surface area (Å²) in [4.78, 5) is 12.8. The molecular weight excluding hydrogens is 378 g/mol. The lowest BCUT2D eigenvalue weighted by molar-refractivity contribution is -0.119. The van der Waals surface area contributed by atoms with Crippen molar-refractivity contribution >= 4 is 21.8 Å². The Morgan fingerprint density at radius 1 is 1.14 bits per heavy atom. The Balaban J connectivity index is 1.93. The van der Waals surface area contributed by atoms with Crippen molar-refractivity contribution in [1.29, 1.82) is 0 Å². The van der Waals surface area contributed by atoms with Gasteiger partial charge in [0.15, 0.2) is 0 Å². The van der Waals surface area contributed by atoms with Crippen LogP contribution in [0.25, 0.3) is 0 Å². The molecule has 0 saturated carbocycles. The molecule has 1 aliphatic heterocycles. The van der Waals surface area contributed by atoms with Crippen LogP contribution in [0.5, 0.6) is 5.75 Å². The zero-order valence-corrected chi connectivity index (χ0v) is 16.6. The molecule has 0 fully saturated rings. The van der Waals surface area contributed by atoms with Gasteiger partial charge in [-0.25, -0.2) is 4.31 Å². The predicted molar refractivity (Wildman–Crippen MR) is 107 cm³/mol. The van der Waals surface area contributed by atoms with Crippen LogP contribution in [0.1, 0.15) is 24.1 Å². The second-order valence-electron chi connectivity index (χ2n) is 6.29. The van der Waals surface area contributed by atoms with Gasteiger partial charge in [-0.05, 0) is 30.7 Å². The number of ether oxygens (including phenoxy) is 1. The summed E-state index contributed by atoms with van der Waals surface area (Å²) in [5.41, 5.74) is 1.63. The fourth-order valence-corrected chi connectivity index (χ4v) is 3.69. The molecule has 28 heavy (non-hydrogen) atoms. The van der Waals surface area contributed by atoms with Gasteiger partial charge < -0.3 is 10.1 Å². The van der Waals surface area contributed by atoms with E-state index < -0.39 is 16.1 Å². The monoisotopic (exact) mass is 399 g/mol. The van der Waals surface area contributed by atoms with E-state index in [2.05, 4.69) is 9.71 Å². The van der Waals surface area contributed by atoms with Gasteiger partial charge >= 0.3 is 10.2 Å². The van der Waals surface area contributed by atoms with Crippen molar-refractivity contribution in [2.24, 2.45) is 4.40 Å². The standard InChI is InChI=1S/C20H21N3O4S/c1-14(15-8-5-4-6-9-15)21-20(24)19-13-18(22-28(25,26)23(19)2)16-10-7-11-17(12-16)27-3/h4-14H,1-3H3,(H,21,24)/t14-/m1/s1. The lowest BCUT2D eigenvalue weighted by Crippen LogP contribution is -2.39. The molecule has 2 aromatic rings. The van der Waals surface area contributed by atoms with E-state index in [-0.39, 0.29) is 17.5 Å². The average Bonchev–Trinajstić information content (AvgIpc) is 2.70. The summed E-state index contributed by atoms with van der Waals surface area (Å²) in [6, 6.07) is 16.0. The van der Waals surface area contributed by atoms with Gasteiger partial charge in [-0.15, -0.1) is 4.40 Å². The Hall–Kier alpha value is -3.13. The first-order chi connectivity index (χ1) is 13.3. The number of hydrogen-bond donors (Lipinski definition) is 1. The predicted octanol–water partition coefficient (Wildman–Crippen LogP) is 2.44. The van der Waals surface area contributed by atoms with Crippen LogP contribution in [0.15, 0.2) is 70.8 Å². The van der Waals surface area contributed by atoms with Crippen molar-refractivity contribution in [2.45, 2.75) is 13.0 Å². The highest BCUT2D eigenvalue weighted by molar-refractivity contribution is 7.88. The van der Waals surface area contributed by atoms with Crippen molar-refractivity contribution < 1.29 is 17.9 Å². The van der Waals surface area contributed by atoms with E-state index >= 15 is 0 Å². The largest absolute Gasteiger partial charge is 0.497 e. The van der Waals surface area contributed by atoms with Gasteiger partial charge in [0.05, 0.1) is 18.9 Å². The summed E-state index contributed by atoms with van der Waals surface area (Å²) >= 11 is 0. The van der Waals surface area contributed by atoms with Gasteiger partial charge in [0.25, 0.3) is 5.91 Å². The third-order valence-corrected chi connectivity index (χ3v) is 5.73. The molecule has 0 saturated heterocycles. The number of likely N-dealkylation sites (N-methyl/N-ethyl adjacent to an activating group) is 1. The van der Waals surface area contributed by atoms with E-state index in [9.17, 15) is 13.2 Å². The van der Waals surface area contributed by atoms with Crippen molar-refractivity contribution in [3.05, 3.63) is 77.5 Å². The number of amides is 1. The SMILES string of the molecule is COc1cccc(C2=NS(=O)(=O)N(C)C(C(=O)N[C@H](C)c3ccccc3)=C2)c1. The molecule has 0 spiro atoms. The first kappa shape index (κ1) is 19.6. The summed E-state index contributed by atoms with van der Waals surface area (Å²) in [5, 5.41) is 2.84. The molecule has 146 valence electrons. The molecule has 3 rings (SSSR count). The molecule has 0 aromatic heterocycles. The van der Waals surface area contributed by atoms with Crippen molar-refractivity contribution in [1.82, 2.24) is 9.62 Å². The summed E-state index contributed by atoms with van der Waals surface area (Å²) in [7, 11) is -1.20. The minimum Gasteiger partial charge on any atom is -0.497 e. The zero-order chi connectivity index (χ0) is 20.3. The smallest absolute Gasteiger partial charge is 0.345 e.